The van der Waals surface area contributed by atoms with Gasteiger partial charge < -0.3 is 5.32 Å². The monoisotopic (exact) mass is 371 g/mol. The summed E-state index contributed by atoms with van der Waals surface area (Å²) < 4.78 is 27.8. The molecule has 0 atom stereocenters. The van der Waals surface area contributed by atoms with Crippen molar-refractivity contribution in [2.45, 2.75) is 24.8 Å². The van der Waals surface area contributed by atoms with Crippen LogP contribution in [0.15, 0.2) is 40.9 Å². The zero-order chi connectivity index (χ0) is 15.0. The fourth-order valence-electron chi connectivity index (χ4n) is 2.63. The molecule has 1 aliphatic rings. The van der Waals surface area contributed by atoms with E-state index >= 15 is 0 Å². The molecule has 1 fully saturated rings. The fraction of sp³-hybridized carbons (Fsp3) is 0.250. The normalized spacial score (nSPS) is 21.0. The van der Waals surface area contributed by atoms with Crippen molar-refractivity contribution in [2.75, 3.05) is 5.32 Å². The highest BCUT2D eigenvalue weighted by molar-refractivity contribution is 9.10. The first-order valence-corrected chi connectivity index (χ1v) is 7.86. The summed E-state index contributed by atoms with van der Waals surface area (Å²) in [6, 6.07) is 10.4. The summed E-state index contributed by atoms with van der Waals surface area (Å²) in [5.41, 5.74) is 1.47. The van der Waals surface area contributed by atoms with Crippen molar-refractivity contribution in [3.8, 4) is 0 Å². The Labute approximate surface area is 135 Å². The van der Waals surface area contributed by atoms with Crippen LogP contribution in [0.2, 0.25) is 5.02 Å². The zero-order valence-corrected chi connectivity index (χ0v) is 13.4. The summed E-state index contributed by atoms with van der Waals surface area (Å²) in [5.74, 6) is -0.839. The molecule has 1 aliphatic carbocycles. The van der Waals surface area contributed by atoms with Crippen LogP contribution in [0.1, 0.15) is 24.3 Å². The van der Waals surface area contributed by atoms with E-state index in [-0.39, 0.29) is 16.8 Å². The van der Waals surface area contributed by atoms with Crippen LogP contribution < -0.4 is 5.32 Å². The van der Waals surface area contributed by atoms with Crippen LogP contribution >= 0.6 is 27.5 Å². The van der Waals surface area contributed by atoms with Gasteiger partial charge >= 0.3 is 0 Å². The zero-order valence-electron chi connectivity index (χ0n) is 11.0. The Morgan fingerprint density at radius 1 is 1.10 bits per heavy atom. The average molecular weight is 373 g/mol. The number of anilines is 1. The second-order valence-electron chi connectivity index (χ2n) is 5.31. The maximum atomic E-state index is 13.7. The lowest BCUT2D eigenvalue weighted by atomic mass is 9.76. The molecule has 2 aromatic carbocycles. The van der Waals surface area contributed by atoms with Gasteiger partial charge in [0.1, 0.15) is 5.82 Å². The van der Waals surface area contributed by atoms with Gasteiger partial charge in [0, 0.05) is 16.6 Å². The number of hydrogen-bond acceptors (Lipinski definition) is 1. The van der Waals surface area contributed by atoms with Crippen LogP contribution in [0.5, 0.6) is 0 Å². The second-order valence-corrected chi connectivity index (χ2v) is 6.63. The van der Waals surface area contributed by atoms with E-state index in [1.807, 2.05) is 12.1 Å². The van der Waals surface area contributed by atoms with Crippen LogP contribution in [0.4, 0.5) is 14.5 Å². The molecule has 110 valence electrons. The fourth-order valence-corrected chi connectivity index (χ4v) is 3.14. The van der Waals surface area contributed by atoms with E-state index in [2.05, 4.69) is 33.4 Å². The molecule has 1 nitrogen and oxygen atoms in total. The Balaban J connectivity index is 1.64. The van der Waals surface area contributed by atoms with Crippen molar-refractivity contribution in [2.24, 2.45) is 0 Å². The third kappa shape index (κ3) is 3.22. The SMILES string of the molecule is Fc1cc(F)c(NC2CC(c3ccc(Br)cc3)C2)c(Cl)c1. The van der Waals surface area contributed by atoms with E-state index in [0.717, 1.165) is 29.4 Å². The summed E-state index contributed by atoms with van der Waals surface area (Å²) in [5, 5.41) is 3.15. The van der Waals surface area contributed by atoms with Crippen molar-refractivity contribution < 1.29 is 8.78 Å². The Morgan fingerprint density at radius 2 is 1.76 bits per heavy atom. The minimum atomic E-state index is -0.663. The van der Waals surface area contributed by atoms with E-state index in [4.69, 9.17) is 11.6 Å². The van der Waals surface area contributed by atoms with Crippen LogP contribution in [-0.2, 0) is 0 Å². The van der Waals surface area contributed by atoms with Gasteiger partial charge in [0.15, 0.2) is 5.82 Å². The van der Waals surface area contributed by atoms with E-state index < -0.39 is 11.6 Å². The predicted octanol–water partition coefficient (Wildman–Crippen LogP) is 5.74. The molecule has 0 amide bonds. The lowest BCUT2D eigenvalue weighted by Gasteiger charge is -2.37. The van der Waals surface area contributed by atoms with E-state index in [9.17, 15) is 8.78 Å². The van der Waals surface area contributed by atoms with E-state index in [0.29, 0.717) is 5.92 Å². The van der Waals surface area contributed by atoms with Gasteiger partial charge in [-0.05, 0) is 42.5 Å². The summed E-state index contributed by atoms with van der Waals surface area (Å²) in [6.07, 6.45) is 1.82. The molecular weight excluding hydrogens is 360 g/mol. The number of halogens is 4. The first-order chi connectivity index (χ1) is 10.0. The van der Waals surface area contributed by atoms with Crippen molar-refractivity contribution in [1.29, 1.82) is 0 Å². The molecule has 3 rings (SSSR count). The minimum Gasteiger partial charge on any atom is -0.379 e. The first-order valence-electron chi connectivity index (χ1n) is 6.69. The minimum absolute atomic E-state index is 0.0830. The number of rotatable bonds is 3. The summed E-state index contributed by atoms with van der Waals surface area (Å²) >= 11 is 9.30. The smallest absolute Gasteiger partial charge is 0.150 e. The van der Waals surface area contributed by atoms with Crippen molar-refractivity contribution in [3.63, 3.8) is 0 Å². The van der Waals surface area contributed by atoms with Gasteiger partial charge in [-0.1, -0.05) is 39.7 Å². The lowest BCUT2D eigenvalue weighted by Crippen LogP contribution is -2.34. The third-order valence-corrected chi connectivity index (χ3v) is 4.66. The largest absolute Gasteiger partial charge is 0.379 e. The molecule has 2 aromatic rings. The van der Waals surface area contributed by atoms with Gasteiger partial charge in [-0.25, -0.2) is 8.78 Å². The molecule has 0 aliphatic heterocycles. The van der Waals surface area contributed by atoms with Gasteiger partial charge in [0.2, 0.25) is 0 Å². The summed E-state index contributed by atoms with van der Waals surface area (Å²) in [7, 11) is 0. The first kappa shape index (κ1) is 14.8. The molecule has 5 heteroatoms. The molecule has 0 aromatic heterocycles. The molecule has 0 bridgehead atoms. The summed E-state index contributed by atoms with van der Waals surface area (Å²) in [4.78, 5) is 0. The van der Waals surface area contributed by atoms with Crippen LogP contribution in [0.25, 0.3) is 0 Å². The van der Waals surface area contributed by atoms with E-state index in [1.165, 1.54) is 5.56 Å². The van der Waals surface area contributed by atoms with Gasteiger partial charge in [-0.2, -0.15) is 0 Å². The van der Waals surface area contributed by atoms with Gasteiger partial charge in [-0.3, -0.25) is 0 Å². The van der Waals surface area contributed by atoms with Crippen molar-refractivity contribution >= 4 is 33.2 Å². The highest BCUT2D eigenvalue weighted by Gasteiger charge is 2.31. The third-order valence-electron chi connectivity index (χ3n) is 3.83. The molecular formula is C16H13BrClF2N. The Kier molecular flexibility index (Phi) is 4.18. The molecule has 1 N–H and O–H groups in total. The Morgan fingerprint density at radius 3 is 2.38 bits per heavy atom. The van der Waals surface area contributed by atoms with E-state index in [1.54, 1.807) is 0 Å². The van der Waals surface area contributed by atoms with Crippen molar-refractivity contribution in [3.05, 3.63) is 63.1 Å². The molecule has 0 radical (unpaired) electrons. The summed E-state index contributed by atoms with van der Waals surface area (Å²) in [6.45, 7) is 0. The van der Waals surface area contributed by atoms with Gasteiger partial charge in [-0.15, -0.1) is 0 Å². The molecule has 0 spiro atoms. The topological polar surface area (TPSA) is 12.0 Å². The highest BCUT2D eigenvalue weighted by atomic mass is 79.9. The number of benzene rings is 2. The predicted molar refractivity (Wildman–Crippen MR) is 84.9 cm³/mol. The average Bonchev–Trinajstić information content (AvgIpc) is 2.37. The maximum absolute atomic E-state index is 13.7. The van der Waals surface area contributed by atoms with Crippen LogP contribution in [0, 0.1) is 11.6 Å². The van der Waals surface area contributed by atoms with Gasteiger partial charge in [0.25, 0.3) is 0 Å². The molecule has 21 heavy (non-hydrogen) atoms. The molecule has 0 unspecified atom stereocenters. The van der Waals surface area contributed by atoms with Crippen LogP contribution in [-0.4, -0.2) is 6.04 Å². The maximum Gasteiger partial charge on any atom is 0.150 e. The standard InChI is InChI=1S/C16H13BrClF2N/c17-11-3-1-9(2-4-11)10-5-13(6-10)21-16-14(18)7-12(19)8-15(16)20/h1-4,7-8,10,13,21H,5-6H2. The Bertz CT molecular complexity index is 631. The highest BCUT2D eigenvalue weighted by Crippen LogP contribution is 2.40. The van der Waals surface area contributed by atoms with Crippen LogP contribution in [0.3, 0.4) is 0 Å². The lowest BCUT2D eigenvalue weighted by molar-refractivity contribution is 0.373. The molecule has 0 saturated heterocycles. The second kappa shape index (κ2) is 5.93. The quantitative estimate of drug-likeness (QED) is 0.724. The molecule has 0 heterocycles. The number of hydrogen-bond donors (Lipinski definition) is 1. The Hall–Kier alpha value is -1.13. The molecule has 1 saturated carbocycles. The van der Waals surface area contributed by atoms with Crippen molar-refractivity contribution in [1.82, 2.24) is 0 Å². The number of nitrogens with one attached hydrogen (secondary N) is 1. The van der Waals surface area contributed by atoms with Gasteiger partial charge in [0.05, 0.1) is 10.7 Å².